The predicted octanol–water partition coefficient (Wildman–Crippen LogP) is 2.60. The molecule has 1 atom stereocenters. The largest absolute Gasteiger partial charge is 0.468 e. The Balaban J connectivity index is 1.56. The number of furan rings is 1. The maximum absolute atomic E-state index is 12.3. The topological polar surface area (TPSA) is 80.6 Å². The number of rotatable bonds is 9. The number of oxazole rings is 1. The summed E-state index contributed by atoms with van der Waals surface area (Å²) in [6.45, 7) is 6.12. The third kappa shape index (κ3) is 4.68. The van der Waals surface area contributed by atoms with Crippen molar-refractivity contribution in [1.29, 1.82) is 0 Å². The predicted molar refractivity (Wildman–Crippen MR) is 102 cm³/mol. The fraction of sp³-hybridized carbons (Fsp3) is 0.400. The molecule has 7 nitrogen and oxygen atoms in total. The fourth-order valence-electron chi connectivity index (χ4n) is 3.02. The number of carbonyl (C=O) groups is 1. The van der Waals surface area contributed by atoms with E-state index in [9.17, 15) is 9.59 Å². The van der Waals surface area contributed by atoms with Crippen molar-refractivity contribution in [1.82, 2.24) is 14.8 Å². The summed E-state index contributed by atoms with van der Waals surface area (Å²) in [6, 6.07) is 11.3. The Kier molecular flexibility index (Phi) is 6.13. The highest BCUT2D eigenvalue weighted by molar-refractivity contribution is 5.79. The van der Waals surface area contributed by atoms with Crippen LogP contribution in [0.2, 0.25) is 0 Å². The van der Waals surface area contributed by atoms with Gasteiger partial charge in [0.1, 0.15) is 12.3 Å². The molecule has 144 valence electrons. The lowest BCUT2D eigenvalue weighted by Crippen LogP contribution is -2.40. The van der Waals surface area contributed by atoms with Crippen LogP contribution in [0.5, 0.6) is 0 Å². The standard InChI is InChI=1S/C20H25N3O4/c1-3-15(2)22(13-16-7-6-12-26-16)11-10-21-19(24)14-23-17-8-4-5-9-18(17)27-20(23)25/h4-9,12,15H,3,10-11,13-14H2,1-2H3,(H,21,24)/t15-/m1/s1. The first kappa shape index (κ1) is 19.0. The third-order valence-electron chi connectivity index (χ3n) is 4.75. The lowest BCUT2D eigenvalue weighted by molar-refractivity contribution is -0.121. The Morgan fingerprint density at radius 2 is 2.07 bits per heavy atom. The second-order valence-electron chi connectivity index (χ2n) is 6.58. The van der Waals surface area contributed by atoms with Gasteiger partial charge in [-0.25, -0.2) is 4.79 Å². The van der Waals surface area contributed by atoms with Gasteiger partial charge in [0.05, 0.1) is 18.3 Å². The van der Waals surface area contributed by atoms with Crippen LogP contribution in [-0.2, 0) is 17.9 Å². The second kappa shape index (κ2) is 8.73. The molecule has 0 saturated carbocycles. The molecule has 1 N–H and O–H groups in total. The summed E-state index contributed by atoms with van der Waals surface area (Å²) in [7, 11) is 0. The number of carbonyl (C=O) groups excluding carboxylic acids is 1. The highest BCUT2D eigenvalue weighted by Gasteiger charge is 2.15. The maximum Gasteiger partial charge on any atom is 0.420 e. The van der Waals surface area contributed by atoms with Gasteiger partial charge in [-0.3, -0.25) is 14.3 Å². The Labute approximate surface area is 157 Å². The molecule has 0 spiro atoms. The smallest absolute Gasteiger partial charge is 0.420 e. The number of aromatic nitrogens is 1. The van der Waals surface area contributed by atoms with Crippen LogP contribution in [0.4, 0.5) is 0 Å². The monoisotopic (exact) mass is 371 g/mol. The molecule has 3 aromatic rings. The van der Waals surface area contributed by atoms with Gasteiger partial charge >= 0.3 is 5.76 Å². The lowest BCUT2D eigenvalue weighted by atomic mass is 10.2. The van der Waals surface area contributed by atoms with Gasteiger partial charge in [0.25, 0.3) is 0 Å². The number of benzene rings is 1. The van der Waals surface area contributed by atoms with E-state index in [4.69, 9.17) is 8.83 Å². The number of hydrogen-bond donors (Lipinski definition) is 1. The third-order valence-corrected chi connectivity index (χ3v) is 4.75. The first-order valence-electron chi connectivity index (χ1n) is 9.20. The summed E-state index contributed by atoms with van der Waals surface area (Å²) in [5.41, 5.74) is 1.10. The zero-order valence-electron chi connectivity index (χ0n) is 15.7. The van der Waals surface area contributed by atoms with Crippen molar-refractivity contribution < 1.29 is 13.6 Å². The van der Waals surface area contributed by atoms with Gasteiger partial charge in [0.2, 0.25) is 5.91 Å². The Bertz CT molecular complexity index is 926. The van der Waals surface area contributed by atoms with E-state index in [1.165, 1.54) is 4.57 Å². The van der Waals surface area contributed by atoms with Crippen LogP contribution in [0.1, 0.15) is 26.0 Å². The molecule has 0 fully saturated rings. The Morgan fingerprint density at radius 1 is 1.26 bits per heavy atom. The van der Waals surface area contributed by atoms with Gasteiger partial charge in [-0.1, -0.05) is 19.1 Å². The van der Waals surface area contributed by atoms with E-state index in [1.54, 1.807) is 24.5 Å². The molecule has 0 aliphatic rings. The zero-order chi connectivity index (χ0) is 19.2. The number of nitrogens with one attached hydrogen (secondary N) is 1. The second-order valence-corrected chi connectivity index (χ2v) is 6.58. The molecule has 2 heterocycles. The summed E-state index contributed by atoms with van der Waals surface area (Å²) in [5.74, 6) is 0.161. The highest BCUT2D eigenvalue weighted by atomic mass is 16.4. The maximum atomic E-state index is 12.3. The molecule has 0 bridgehead atoms. The quantitative estimate of drug-likeness (QED) is 0.625. The lowest BCUT2D eigenvalue weighted by Gasteiger charge is -2.27. The van der Waals surface area contributed by atoms with Gasteiger partial charge in [-0.05, 0) is 37.6 Å². The van der Waals surface area contributed by atoms with Crippen molar-refractivity contribution in [3.05, 3.63) is 59.0 Å². The number of nitrogens with zero attached hydrogens (tertiary/aromatic N) is 2. The van der Waals surface area contributed by atoms with Crippen molar-refractivity contribution in [2.24, 2.45) is 0 Å². The molecule has 0 aliphatic heterocycles. The normalized spacial score (nSPS) is 12.6. The van der Waals surface area contributed by atoms with Gasteiger partial charge in [0.15, 0.2) is 5.58 Å². The summed E-state index contributed by atoms with van der Waals surface area (Å²) in [5, 5.41) is 2.89. The van der Waals surface area contributed by atoms with Crippen LogP contribution < -0.4 is 11.1 Å². The summed E-state index contributed by atoms with van der Waals surface area (Å²) in [4.78, 5) is 26.5. The van der Waals surface area contributed by atoms with Gasteiger partial charge in [-0.2, -0.15) is 0 Å². The molecule has 7 heteroatoms. The van der Waals surface area contributed by atoms with E-state index >= 15 is 0 Å². The van der Waals surface area contributed by atoms with Crippen LogP contribution in [0.3, 0.4) is 0 Å². The molecule has 0 saturated heterocycles. The number of amides is 1. The molecule has 27 heavy (non-hydrogen) atoms. The van der Waals surface area contributed by atoms with Crippen molar-refractivity contribution in [3.8, 4) is 0 Å². The summed E-state index contributed by atoms with van der Waals surface area (Å²) >= 11 is 0. The molecular weight excluding hydrogens is 346 g/mol. The van der Waals surface area contributed by atoms with Gasteiger partial charge in [0, 0.05) is 19.1 Å². The minimum atomic E-state index is -0.523. The number of para-hydroxylation sites is 2. The molecule has 2 aromatic heterocycles. The Morgan fingerprint density at radius 3 is 2.81 bits per heavy atom. The first-order chi connectivity index (χ1) is 13.1. The molecular formula is C20H25N3O4. The minimum absolute atomic E-state index is 0.0582. The molecule has 1 aromatic carbocycles. The number of hydrogen-bond acceptors (Lipinski definition) is 5. The average molecular weight is 371 g/mol. The summed E-state index contributed by atoms with van der Waals surface area (Å²) in [6.07, 6.45) is 2.67. The average Bonchev–Trinajstić information content (AvgIpc) is 3.28. The zero-order valence-corrected chi connectivity index (χ0v) is 15.7. The molecule has 0 radical (unpaired) electrons. The molecule has 0 unspecified atom stereocenters. The van der Waals surface area contributed by atoms with Crippen molar-refractivity contribution in [2.75, 3.05) is 13.1 Å². The van der Waals surface area contributed by atoms with E-state index in [1.807, 2.05) is 18.2 Å². The van der Waals surface area contributed by atoms with Crippen LogP contribution in [0.15, 0.2) is 56.3 Å². The fourth-order valence-corrected chi connectivity index (χ4v) is 3.02. The minimum Gasteiger partial charge on any atom is -0.468 e. The van der Waals surface area contributed by atoms with E-state index in [0.717, 1.165) is 12.2 Å². The van der Waals surface area contributed by atoms with Crippen LogP contribution in [0, 0.1) is 0 Å². The van der Waals surface area contributed by atoms with Crippen LogP contribution in [-0.4, -0.2) is 34.5 Å². The molecule has 1 amide bonds. The Hall–Kier alpha value is -2.80. The number of fused-ring (bicyclic) bond motifs is 1. The van der Waals surface area contributed by atoms with E-state index in [2.05, 4.69) is 24.1 Å². The first-order valence-corrected chi connectivity index (χ1v) is 9.20. The van der Waals surface area contributed by atoms with Crippen molar-refractivity contribution in [3.63, 3.8) is 0 Å². The van der Waals surface area contributed by atoms with Crippen molar-refractivity contribution >= 4 is 17.0 Å². The van der Waals surface area contributed by atoms with E-state index in [-0.39, 0.29) is 12.5 Å². The van der Waals surface area contributed by atoms with Gasteiger partial charge in [-0.15, -0.1) is 0 Å². The highest BCUT2D eigenvalue weighted by Crippen LogP contribution is 2.12. The van der Waals surface area contributed by atoms with Crippen molar-refractivity contribution in [2.45, 2.75) is 39.4 Å². The summed E-state index contributed by atoms with van der Waals surface area (Å²) < 4.78 is 11.9. The van der Waals surface area contributed by atoms with Crippen LogP contribution in [0.25, 0.3) is 11.1 Å². The van der Waals surface area contributed by atoms with Crippen LogP contribution >= 0.6 is 0 Å². The van der Waals surface area contributed by atoms with E-state index in [0.29, 0.717) is 36.8 Å². The molecule has 0 aliphatic carbocycles. The van der Waals surface area contributed by atoms with E-state index < -0.39 is 5.76 Å². The SMILES string of the molecule is CC[C@@H](C)N(CCNC(=O)Cn1c(=O)oc2ccccc21)Cc1ccco1. The van der Waals surface area contributed by atoms with Gasteiger partial charge < -0.3 is 14.2 Å². The molecule has 3 rings (SSSR count).